The summed E-state index contributed by atoms with van der Waals surface area (Å²) in [6.07, 6.45) is 0.161. The van der Waals surface area contributed by atoms with Gasteiger partial charge in [0, 0.05) is 16.0 Å². The largest absolute Gasteiger partial charge is 0.462 e. The van der Waals surface area contributed by atoms with Crippen LogP contribution in [0.2, 0.25) is 5.02 Å². The monoisotopic (exact) mass is 582 g/mol. The van der Waals surface area contributed by atoms with Crippen LogP contribution in [0.15, 0.2) is 53.9 Å². The Hall–Kier alpha value is -4.02. The number of amides is 3. The molecule has 1 atom stereocenters. The van der Waals surface area contributed by atoms with Gasteiger partial charge in [-0.25, -0.2) is 9.59 Å². The van der Waals surface area contributed by atoms with Crippen LogP contribution in [0.3, 0.4) is 0 Å². The van der Waals surface area contributed by atoms with Crippen molar-refractivity contribution in [2.75, 3.05) is 18.5 Å². The number of nitrogens with zero attached hydrogens (tertiary/aromatic N) is 1. The van der Waals surface area contributed by atoms with Gasteiger partial charge in [0.25, 0.3) is 17.7 Å². The Labute approximate surface area is 240 Å². The zero-order valence-corrected chi connectivity index (χ0v) is 23.6. The standard InChI is InChI=1S/C29H27ClN2O7S/c1-4-38-29(37)24-21(17-9-11-18(30)12-10-17)15-40-25(24)31-23(33)14-39-28(36)22(13-16(2)3)32-26(34)19-7-5-6-8-20(19)27(32)35/h5-12,15-16,22H,4,13-14H2,1-3H3,(H,31,33). The first kappa shape index (κ1) is 29.0. The topological polar surface area (TPSA) is 119 Å². The van der Waals surface area contributed by atoms with Crippen LogP contribution < -0.4 is 5.32 Å². The summed E-state index contributed by atoms with van der Waals surface area (Å²) in [7, 11) is 0. The van der Waals surface area contributed by atoms with Crippen molar-refractivity contribution in [3.8, 4) is 11.1 Å². The molecule has 1 unspecified atom stereocenters. The number of anilines is 1. The number of fused-ring (bicyclic) bond motifs is 1. The van der Waals surface area contributed by atoms with Gasteiger partial charge in [0.2, 0.25) is 0 Å². The molecule has 3 amide bonds. The second-order valence-corrected chi connectivity index (χ2v) is 10.7. The molecular formula is C29H27ClN2O7S. The van der Waals surface area contributed by atoms with Crippen LogP contribution in [0.25, 0.3) is 11.1 Å². The molecule has 1 aromatic heterocycles. The summed E-state index contributed by atoms with van der Waals surface area (Å²) < 4.78 is 10.5. The third-order valence-corrected chi connectivity index (χ3v) is 7.28. The van der Waals surface area contributed by atoms with Crippen molar-refractivity contribution in [3.63, 3.8) is 0 Å². The molecule has 4 rings (SSSR count). The minimum absolute atomic E-state index is 0.0553. The van der Waals surface area contributed by atoms with Gasteiger partial charge in [0.1, 0.15) is 16.6 Å². The molecule has 1 N–H and O–H groups in total. The van der Waals surface area contributed by atoms with E-state index in [2.05, 4.69) is 5.32 Å². The molecule has 1 aliphatic heterocycles. The average molecular weight is 583 g/mol. The van der Waals surface area contributed by atoms with Crippen LogP contribution in [0.4, 0.5) is 5.00 Å². The third kappa shape index (κ3) is 6.08. The molecule has 0 saturated heterocycles. The molecule has 0 spiro atoms. The number of hydrogen-bond acceptors (Lipinski definition) is 8. The van der Waals surface area contributed by atoms with Crippen LogP contribution in [0.1, 0.15) is 58.3 Å². The second kappa shape index (κ2) is 12.4. The SMILES string of the molecule is CCOC(=O)c1c(-c2ccc(Cl)cc2)csc1NC(=O)COC(=O)C(CC(C)C)N1C(=O)c2ccccc2C1=O. The number of imide groups is 1. The summed E-state index contributed by atoms with van der Waals surface area (Å²) in [5.74, 6) is -3.42. The molecule has 0 saturated carbocycles. The first-order chi connectivity index (χ1) is 19.1. The smallest absolute Gasteiger partial charge is 0.341 e. The highest BCUT2D eigenvalue weighted by Crippen LogP contribution is 2.37. The fraction of sp³-hybridized carbons (Fsp3) is 0.276. The lowest BCUT2D eigenvalue weighted by Gasteiger charge is -2.25. The van der Waals surface area contributed by atoms with Crippen molar-refractivity contribution >= 4 is 57.6 Å². The number of hydrogen-bond donors (Lipinski definition) is 1. The number of nitrogens with one attached hydrogen (secondary N) is 1. The number of halogens is 1. The van der Waals surface area contributed by atoms with Crippen molar-refractivity contribution in [1.29, 1.82) is 0 Å². The van der Waals surface area contributed by atoms with Gasteiger partial charge < -0.3 is 14.8 Å². The van der Waals surface area contributed by atoms with Gasteiger partial charge in [-0.2, -0.15) is 0 Å². The zero-order valence-electron chi connectivity index (χ0n) is 22.1. The Bertz CT molecular complexity index is 1430. The molecule has 40 heavy (non-hydrogen) atoms. The van der Waals surface area contributed by atoms with Gasteiger partial charge in [0.05, 0.1) is 17.7 Å². The fourth-order valence-electron chi connectivity index (χ4n) is 4.34. The molecule has 1 aliphatic rings. The first-order valence-electron chi connectivity index (χ1n) is 12.6. The molecule has 2 aromatic carbocycles. The van der Waals surface area contributed by atoms with E-state index in [4.69, 9.17) is 21.1 Å². The van der Waals surface area contributed by atoms with Gasteiger partial charge in [-0.1, -0.05) is 49.7 Å². The van der Waals surface area contributed by atoms with E-state index in [1.807, 2.05) is 13.8 Å². The Morgan fingerprint density at radius 2 is 1.57 bits per heavy atom. The Kier molecular flexibility index (Phi) is 9.01. The number of esters is 2. The normalized spacial score (nSPS) is 13.3. The summed E-state index contributed by atoms with van der Waals surface area (Å²) in [5, 5.41) is 5.08. The molecular weight excluding hydrogens is 556 g/mol. The number of ether oxygens (including phenoxy) is 2. The van der Waals surface area contributed by atoms with E-state index >= 15 is 0 Å². The number of carbonyl (C=O) groups is 5. The predicted octanol–water partition coefficient (Wildman–Crippen LogP) is 5.44. The zero-order chi connectivity index (χ0) is 29.0. The lowest BCUT2D eigenvalue weighted by atomic mass is 10.0. The van der Waals surface area contributed by atoms with Crippen molar-refractivity contribution in [2.45, 2.75) is 33.2 Å². The van der Waals surface area contributed by atoms with E-state index in [1.165, 1.54) is 12.1 Å². The summed E-state index contributed by atoms with van der Waals surface area (Å²) in [6, 6.07) is 12.0. The van der Waals surface area contributed by atoms with E-state index in [0.717, 1.165) is 16.2 Å². The predicted molar refractivity (Wildman–Crippen MR) is 150 cm³/mol. The molecule has 0 radical (unpaired) electrons. The van der Waals surface area contributed by atoms with E-state index in [-0.39, 0.29) is 40.6 Å². The lowest BCUT2D eigenvalue weighted by Crippen LogP contribution is -2.46. The van der Waals surface area contributed by atoms with Crippen LogP contribution in [0.5, 0.6) is 0 Å². The Morgan fingerprint density at radius 1 is 0.950 bits per heavy atom. The van der Waals surface area contributed by atoms with Gasteiger partial charge in [0.15, 0.2) is 6.61 Å². The number of thiophene rings is 1. The average Bonchev–Trinajstić information content (AvgIpc) is 3.45. The van der Waals surface area contributed by atoms with E-state index in [1.54, 1.807) is 48.7 Å². The van der Waals surface area contributed by atoms with Gasteiger partial charge in [-0.15, -0.1) is 11.3 Å². The minimum Gasteiger partial charge on any atom is -0.462 e. The van der Waals surface area contributed by atoms with E-state index < -0.39 is 42.3 Å². The fourth-order valence-corrected chi connectivity index (χ4v) is 5.44. The molecule has 0 aliphatic carbocycles. The third-order valence-electron chi connectivity index (χ3n) is 6.13. The molecule has 0 fully saturated rings. The van der Waals surface area contributed by atoms with Crippen molar-refractivity contribution in [2.24, 2.45) is 5.92 Å². The van der Waals surface area contributed by atoms with Gasteiger partial charge in [-0.3, -0.25) is 19.3 Å². The first-order valence-corrected chi connectivity index (χ1v) is 13.9. The minimum atomic E-state index is -1.20. The van der Waals surface area contributed by atoms with E-state index in [0.29, 0.717) is 16.1 Å². The maximum Gasteiger partial charge on any atom is 0.341 e. The van der Waals surface area contributed by atoms with Crippen molar-refractivity contribution < 1.29 is 33.4 Å². The summed E-state index contributed by atoms with van der Waals surface area (Å²) in [5.41, 5.74) is 1.85. The molecule has 11 heteroatoms. The maximum atomic E-state index is 13.1. The maximum absolute atomic E-state index is 13.1. The molecule has 9 nitrogen and oxygen atoms in total. The highest BCUT2D eigenvalue weighted by molar-refractivity contribution is 7.15. The highest BCUT2D eigenvalue weighted by Gasteiger charge is 2.43. The van der Waals surface area contributed by atoms with E-state index in [9.17, 15) is 24.0 Å². The van der Waals surface area contributed by atoms with Crippen LogP contribution >= 0.6 is 22.9 Å². The molecule has 2 heterocycles. The number of benzene rings is 2. The van der Waals surface area contributed by atoms with Crippen LogP contribution in [-0.2, 0) is 19.1 Å². The highest BCUT2D eigenvalue weighted by atomic mass is 35.5. The molecule has 0 bridgehead atoms. The molecule has 208 valence electrons. The number of carbonyl (C=O) groups excluding carboxylic acids is 5. The lowest BCUT2D eigenvalue weighted by molar-refractivity contribution is -0.151. The summed E-state index contributed by atoms with van der Waals surface area (Å²) >= 11 is 7.11. The van der Waals surface area contributed by atoms with Gasteiger partial charge >= 0.3 is 11.9 Å². The summed E-state index contributed by atoms with van der Waals surface area (Å²) in [4.78, 5) is 65.6. The van der Waals surface area contributed by atoms with Crippen LogP contribution in [-0.4, -0.2) is 53.8 Å². The van der Waals surface area contributed by atoms with Crippen molar-refractivity contribution in [1.82, 2.24) is 4.90 Å². The number of rotatable bonds is 10. The molecule has 3 aromatic rings. The summed E-state index contributed by atoms with van der Waals surface area (Å²) in [6.45, 7) is 4.81. The van der Waals surface area contributed by atoms with Crippen LogP contribution in [0, 0.1) is 5.92 Å². The van der Waals surface area contributed by atoms with Gasteiger partial charge in [-0.05, 0) is 49.1 Å². The van der Waals surface area contributed by atoms with Crippen molar-refractivity contribution in [3.05, 3.63) is 75.6 Å². The second-order valence-electron chi connectivity index (χ2n) is 9.41. The Balaban J connectivity index is 1.49. The quantitative estimate of drug-likeness (QED) is 0.250. The Morgan fingerprint density at radius 3 is 2.15 bits per heavy atom.